The van der Waals surface area contributed by atoms with Crippen molar-refractivity contribution < 1.29 is 14.6 Å². The summed E-state index contributed by atoms with van der Waals surface area (Å²) in [6.45, 7) is 3.05. The molecule has 0 aliphatic heterocycles. The largest absolute Gasteiger partial charge is 0.505 e. The highest BCUT2D eigenvalue weighted by Crippen LogP contribution is 2.35. The zero-order chi connectivity index (χ0) is 13.8. The van der Waals surface area contributed by atoms with Crippen molar-refractivity contribution in [1.82, 2.24) is 9.88 Å². The van der Waals surface area contributed by atoms with E-state index in [9.17, 15) is 9.90 Å². The van der Waals surface area contributed by atoms with Crippen LogP contribution in [0.2, 0.25) is 0 Å². The van der Waals surface area contributed by atoms with Crippen molar-refractivity contribution >= 4 is 5.91 Å². The number of aromatic nitrogens is 1. The Balaban J connectivity index is 2.17. The van der Waals surface area contributed by atoms with Crippen LogP contribution in [0, 0.1) is 5.92 Å². The van der Waals surface area contributed by atoms with Gasteiger partial charge in [-0.25, -0.2) is 4.98 Å². The third-order valence-electron chi connectivity index (χ3n) is 3.58. The Kier molecular flexibility index (Phi) is 4.37. The molecule has 1 aliphatic carbocycles. The lowest BCUT2D eigenvalue weighted by atomic mass is 10.1. The number of carbonyl (C=O) groups excluding carboxylic acids is 1. The maximum absolute atomic E-state index is 12.5. The van der Waals surface area contributed by atoms with E-state index in [1.807, 2.05) is 6.92 Å². The molecule has 104 valence electrons. The van der Waals surface area contributed by atoms with Crippen molar-refractivity contribution in [1.29, 1.82) is 0 Å². The Bertz CT molecular complexity index is 446. The van der Waals surface area contributed by atoms with Crippen LogP contribution in [-0.4, -0.2) is 47.2 Å². The molecular weight excluding hydrogens is 244 g/mol. The van der Waals surface area contributed by atoms with E-state index < -0.39 is 0 Å². The van der Waals surface area contributed by atoms with E-state index in [0.29, 0.717) is 19.1 Å². The Morgan fingerprint density at radius 2 is 2.37 bits per heavy atom. The first kappa shape index (κ1) is 13.8. The molecule has 19 heavy (non-hydrogen) atoms. The lowest BCUT2D eigenvalue weighted by molar-refractivity contribution is 0.0585. The fourth-order valence-electron chi connectivity index (χ4n) is 2.21. The predicted molar refractivity (Wildman–Crippen MR) is 71.0 cm³/mol. The van der Waals surface area contributed by atoms with Crippen LogP contribution in [0.25, 0.3) is 0 Å². The Morgan fingerprint density at radius 3 is 2.95 bits per heavy atom. The molecule has 0 radical (unpaired) electrons. The number of rotatable bonds is 6. The van der Waals surface area contributed by atoms with E-state index >= 15 is 0 Å². The van der Waals surface area contributed by atoms with Gasteiger partial charge in [0, 0.05) is 25.9 Å². The summed E-state index contributed by atoms with van der Waals surface area (Å²) in [6.07, 6.45) is 3.83. The molecule has 0 spiro atoms. The van der Waals surface area contributed by atoms with Crippen LogP contribution in [0.3, 0.4) is 0 Å². The number of hydrogen-bond donors (Lipinski definition) is 1. The predicted octanol–water partition coefficient (Wildman–Crippen LogP) is 1.67. The normalized spacial score (nSPS) is 16.1. The molecule has 1 fully saturated rings. The van der Waals surface area contributed by atoms with Gasteiger partial charge in [0.15, 0.2) is 5.69 Å². The van der Waals surface area contributed by atoms with E-state index in [1.165, 1.54) is 12.3 Å². The van der Waals surface area contributed by atoms with Crippen molar-refractivity contribution in [3.05, 3.63) is 24.0 Å². The molecule has 5 nitrogen and oxygen atoms in total. The van der Waals surface area contributed by atoms with Gasteiger partial charge in [0.1, 0.15) is 5.75 Å². The lowest BCUT2D eigenvalue weighted by Crippen LogP contribution is -2.42. The summed E-state index contributed by atoms with van der Waals surface area (Å²) in [5.41, 5.74) is 0.117. The first-order chi connectivity index (χ1) is 9.15. The Morgan fingerprint density at radius 1 is 1.63 bits per heavy atom. The second-order valence-corrected chi connectivity index (χ2v) is 4.94. The first-order valence-corrected chi connectivity index (χ1v) is 6.59. The minimum atomic E-state index is -0.227. The second kappa shape index (κ2) is 6.02. The van der Waals surface area contributed by atoms with Crippen LogP contribution in [0.15, 0.2) is 18.3 Å². The summed E-state index contributed by atoms with van der Waals surface area (Å²) in [6, 6.07) is 3.25. The van der Waals surface area contributed by atoms with Crippen molar-refractivity contribution in [2.24, 2.45) is 5.92 Å². The third kappa shape index (κ3) is 3.23. The van der Waals surface area contributed by atoms with Gasteiger partial charge >= 0.3 is 0 Å². The zero-order valence-corrected chi connectivity index (χ0v) is 11.4. The molecule has 2 rings (SSSR count). The molecular formula is C14H20N2O3. The summed E-state index contributed by atoms with van der Waals surface area (Å²) in [4.78, 5) is 18.2. The molecule has 1 saturated carbocycles. The van der Waals surface area contributed by atoms with Crippen LogP contribution in [0.5, 0.6) is 5.75 Å². The molecule has 1 atom stereocenters. The molecule has 1 aromatic heterocycles. The van der Waals surface area contributed by atoms with Gasteiger partial charge in [-0.05, 0) is 37.8 Å². The van der Waals surface area contributed by atoms with Crippen LogP contribution >= 0.6 is 0 Å². The smallest absolute Gasteiger partial charge is 0.276 e. The zero-order valence-electron chi connectivity index (χ0n) is 11.4. The van der Waals surface area contributed by atoms with Gasteiger partial charge in [-0.3, -0.25) is 4.79 Å². The van der Waals surface area contributed by atoms with Gasteiger partial charge in [0.2, 0.25) is 0 Å². The highest BCUT2D eigenvalue weighted by Gasteiger charge is 2.35. The topological polar surface area (TPSA) is 62.7 Å². The van der Waals surface area contributed by atoms with Gasteiger partial charge in [0.05, 0.1) is 6.61 Å². The van der Waals surface area contributed by atoms with E-state index in [0.717, 1.165) is 12.8 Å². The molecule has 0 aromatic carbocycles. The van der Waals surface area contributed by atoms with Crippen LogP contribution in [0.1, 0.15) is 30.3 Å². The molecule has 5 heteroatoms. The number of aromatic hydroxyl groups is 1. The van der Waals surface area contributed by atoms with Crippen molar-refractivity contribution in [2.75, 3.05) is 20.3 Å². The number of amides is 1. The van der Waals surface area contributed by atoms with Crippen molar-refractivity contribution in [3.63, 3.8) is 0 Å². The van der Waals surface area contributed by atoms with E-state index in [2.05, 4.69) is 4.98 Å². The molecule has 0 bridgehead atoms. The van der Waals surface area contributed by atoms with E-state index in [1.54, 1.807) is 18.1 Å². The van der Waals surface area contributed by atoms with Crippen molar-refractivity contribution in [2.45, 2.75) is 25.8 Å². The van der Waals surface area contributed by atoms with Gasteiger partial charge < -0.3 is 14.7 Å². The number of carbonyl (C=O) groups is 1. The molecule has 1 amide bonds. The number of ether oxygens (including phenoxy) is 1. The highest BCUT2D eigenvalue weighted by molar-refractivity contribution is 5.95. The first-order valence-electron chi connectivity index (χ1n) is 6.59. The van der Waals surface area contributed by atoms with E-state index in [-0.39, 0.29) is 23.4 Å². The molecule has 1 N–H and O–H groups in total. The second-order valence-electron chi connectivity index (χ2n) is 4.94. The molecule has 1 aromatic rings. The van der Waals surface area contributed by atoms with Crippen molar-refractivity contribution in [3.8, 4) is 5.75 Å². The monoisotopic (exact) mass is 264 g/mol. The number of pyridine rings is 1. The van der Waals surface area contributed by atoms with Gasteiger partial charge in [-0.2, -0.15) is 0 Å². The average Bonchev–Trinajstić information content (AvgIpc) is 3.23. The number of hydrogen-bond acceptors (Lipinski definition) is 4. The molecule has 0 saturated heterocycles. The van der Waals surface area contributed by atoms with Crippen LogP contribution in [0.4, 0.5) is 0 Å². The fraction of sp³-hybridized carbons (Fsp3) is 0.571. The van der Waals surface area contributed by atoms with Gasteiger partial charge in [-0.1, -0.05) is 0 Å². The minimum absolute atomic E-state index is 0.0714. The summed E-state index contributed by atoms with van der Waals surface area (Å²) < 4.78 is 5.06. The Labute approximate surface area is 113 Å². The lowest BCUT2D eigenvalue weighted by Gasteiger charge is -2.29. The number of methoxy groups -OCH3 is 1. The fourth-order valence-corrected chi connectivity index (χ4v) is 2.21. The van der Waals surface area contributed by atoms with Gasteiger partial charge in [0.25, 0.3) is 5.91 Å². The van der Waals surface area contributed by atoms with Crippen LogP contribution in [-0.2, 0) is 4.74 Å². The van der Waals surface area contributed by atoms with Crippen LogP contribution < -0.4 is 0 Å². The molecule has 1 unspecified atom stereocenters. The van der Waals surface area contributed by atoms with Gasteiger partial charge in [-0.15, -0.1) is 0 Å². The maximum atomic E-state index is 12.5. The molecule has 1 aliphatic rings. The maximum Gasteiger partial charge on any atom is 0.276 e. The molecule has 1 heterocycles. The summed E-state index contributed by atoms with van der Waals surface area (Å²) in [5, 5.41) is 9.75. The Hall–Kier alpha value is -1.62. The third-order valence-corrected chi connectivity index (χ3v) is 3.58. The standard InChI is InChI=1S/C14H20N2O3/c1-10(11-5-6-11)16(8-9-19-2)14(18)13-12(17)4-3-7-15-13/h3-4,7,10-11,17H,5-6,8-9H2,1-2H3. The SMILES string of the molecule is COCCN(C(=O)c1ncccc1O)C(C)C1CC1. The summed E-state index contributed by atoms with van der Waals surface area (Å²) in [5.74, 6) is 0.263. The summed E-state index contributed by atoms with van der Waals surface area (Å²) >= 11 is 0. The highest BCUT2D eigenvalue weighted by atomic mass is 16.5. The minimum Gasteiger partial charge on any atom is -0.505 e. The summed E-state index contributed by atoms with van der Waals surface area (Å²) in [7, 11) is 1.61. The average molecular weight is 264 g/mol. The number of nitrogens with zero attached hydrogens (tertiary/aromatic N) is 2. The quantitative estimate of drug-likeness (QED) is 0.849. The van der Waals surface area contributed by atoms with E-state index in [4.69, 9.17) is 4.74 Å².